The summed E-state index contributed by atoms with van der Waals surface area (Å²) < 4.78 is 15.2. The lowest BCUT2D eigenvalue weighted by Gasteiger charge is -2.52. The highest BCUT2D eigenvalue weighted by Gasteiger charge is 2.60. The number of esters is 1. The fourth-order valence-corrected chi connectivity index (χ4v) is 1.93. The summed E-state index contributed by atoms with van der Waals surface area (Å²) in [6, 6.07) is -0.412. The minimum absolute atomic E-state index is 0.145. The van der Waals surface area contributed by atoms with Gasteiger partial charge in [-0.05, 0) is 27.7 Å². The Kier molecular flexibility index (Phi) is 3.90. The summed E-state index contributed by atoms with van der Waals surface area (Å²) >= 11 is 0. The second kappa shape index (κ2) is 4.76. The van der Waals surface area contributed by atoms with Crippen LogP contribution in [-0.2, 0) is 19.0 Å². The molecule has 0 aromatic rings. The predicted octanol–water partition coefficient (Wildman–Crippen LogP) is 1.18. The summed E-state index contributed by atoms with van der Waals surface area (Å²) in [6.07, 6.45) is -0.452. The molecular formula is C12H21NO5. The highest BCUT2D eigenvalue weighted by molar-refractivity contribution is 5.85. The Labute approximate surface area is 107 Å². The summed E-state index contributed by atoms with van der Waals surface area (Å²) in [5.41, 5.74) is -1.64. The molecule has 1 aliphatic heterocycles. The fraction of sp³-hybridized carbons (Fsp3) is 0.833. The molecule has 0 bridgehead atoms. The number of nitrogens with zero attached hydrogens (tertiary/aromatic N) is 1. The fourth-order valence-electron chi connectivity index (χ4n) is 1.93. The van der Waals surface area contributed by atoms with Crippen molar-refractivity contribution in [2.45, 2.75) is 44.9 Å². The van der Waals surface area contributed by atoms with Gasteiger partial charge in [-0.1, -0.05) is 0 Å². The quantitative estimate of drug-likeness (QED) is 0.697. The van der Waals surface area contributed by atoms with Crippen LogP contribution in [0.5, 0.6) is 0 Å². The van der Waals surface area contributed by atoms with E-state index < -0.39 is 29.3 Å². The molecule has 6 nitrogen and oxygen atoms in total. The van der Waals surface area contributed by atoms with Gasteiger partial charge in [0.05, 0.1) is 19.7 Å². The van der Waals surface area contributed by atoms with Crippen LogP contribution in [0, 0.1) is 0 Å². The van der Waals surface area contributed by atoms with Crippen molar-refractivity contribution in [3.8, 4) is 0 Å². The van der Waals surface area contributed by atoms with E-state index in [1.165, 1.54) is 19.1 Å². The SMILES string of the molecule is COC(=O)C1(OC)CN(C(=O)OC(C)(C)C)[C@@H]1C. The Morgan fingerprint density at radius 2 is 1.83 bits per heavy atom. The van der Waals surface area contributed by atoms with Crippen LogP contribution in [0.15, 0.2) is 0 Å². The standard InChI is InChI=1S/C12H21NO5/c1-8-12(17-6,9(14)16-5)7-13(8)10(15)18-11(2,3)4/h8H,7H2,1-6H3/t8-,12?/m1/s1. The molecule has 2 atom stereocenters. The molecule has 0 aromatic heterocycles. The Hall–Kier alpha value is -1.30. The van der Waals surface area contributed by atoms with E-state index in [2.05, 4.69) is 0 Å². The topological polar surface area (TPSA) is 65.1 Å². The van der Waals surface area contributed by atoms with Crippen molar-refractivity contribution in [2.24, 2.45) is 0 Å². The van der Waals surface area contributed by atoms with Crippen LogP contribution in [0.25, 0.3) is 0 Å². The normalized spacial score (nSPS) is 27.4. The van der Waals surface area contributed by atoms with Crippen LogP contribution >= 0.6 is 0 Å². The van der Waals surface area contributed by atoms with Gasteiger partial charge in [-0.2, -0.15) is 0 Å². The third-order valence-electron chi connectivity index (χ3n) is 3.07. The monoisotopic (exact) mass is 259 g/mol. The lowest BCUT2D eigenvalue weighted by molar-refractivity contribution is -0.200. The maximum atomic E-state index is 11.9. The molecule has 104 valence electrons. The predicted molar refractivity (Wildman–Crippen MR) is 64.2 cm³/mol. The van der Waals surface area contributed by atoms with Crippen molar-refractivity contribution in [1.29, 1.82) is 0 Å². The van der Waals surface area contributed by atoms with E-state index >= 15 is 0 Å². The van der Waals surface area contributed by atoms with Gasteiger partial charge in [0.2, 0.25) is 5.60 Å². The third-order valence-corrected chi connectivity index (χ3v) is 3.07. The Balaban J connectivity index is 2.72. The highest BCUT2D eigenvalue weighted by Crippen LogP contribution is 2.34. The lowest BCUT2D eigenvalue weighted by Crippen LogP contribution is -2.74. The van der Waals surface area contributed by atoms with E-state index in [1.807, 2.05) is 0 Å². The molecule has 1 heterocycles. The van der Waals surface area contributed by atoms with E-state index in [1.54, 1.807) is 27.7 Å². The zero-order valence-corrected chi connectivity index (χ0v) is 11.8. The van der Waals surface area contributed by atoms with Crippen LogP contribution < -0.4 is 0 Å². The summed E-state index contributed by atoms with van der Waals surface area (Å²) in [7, 11) is 2.73. The molecule has 0 aliphatic carbocycles. The maximum Gasteiger partial charge on any atom is 0.410 e. The van der Waals surface area contributed by atoms with Crippen molar-refractivity contribution in [1.82, 2.24) is 4.90 Å². The smallest absolute Gasteiger partial charge is 0.410 e. The first-order valence-corrected chi connectivity index (χ1v) is 5.81. The average molecular weight is 259 g/mol. The first kappa shape index (κ1) is 14.8. The molecular weight excluding hydrogens is 238 g/mol. The molecule has 0 radical (unpaired) electrons. The summed E-state index contributed by atoms with van der Waals surface area (Å²) in [5.74, 6) is -0.475. The van der Waals surface area contributed by atoms with Gasteiger partial charge < -0.3 is 14.2 Å². The molecule has 1 saturated heterocycles. The summed E-state index contributed by atoms with van der Waals surface area (Å²) in [5, 5.41) is 0. The van der Waals surface area contributed by atoms with E-state index in [4.69, 9.17) is 14.2 Å². The van der Waals surface area contributed by atoms with Gasteiger partial charge >= 0.3 is 12.1 Å². The minimum atomic E-state index is -1.08. The number of hydrogen-bond acceptors (Lipinski definition) is 5. The molecule has 1 rings (SSSR count). The van der Waals surface area contributed by atoms with Gasteiger partial charge in [0.25, 0.3) is 0 Å². The molecule has 0 spiro atoms. The van der Waals surface area contributed by atoms with Crippen LogP contribution in [0.2, 0.25) is 0 Å². The van der Waals surface area contributed by atoms with E-state index in [-0.39, 0.29) is 6.54 Å². The summed E-state index contributed by atoms with van der Waals surface area (Å²) in [4.78, 5) is 25.0. The second-order valence-corrected chi connectivity index (χ2v) is 5.37. The number of carbonyl (C=O) groups is 2. The zero-order valence-electron chi connectivity index (χ0n) is 11.8. The van der Waals surface area contributed by atoms with Gasteiger partial charge in [-0.3, -0.25) is 4.90 Å². The number of carbonyl (C=O) groups excluding carboxylic acids is 2. The van der Waals surface area contributed by atoms with E-state index in [0.29, 0.717) is 0 Å². The number of hydrogen-bond donors (Lipinski definition) is 0. The van der Waals surface area contributed by atoms with Crippen molar-refractivity contribution in [3.63, 3.8) is 0 Å². The van der Waals surface area contributed by atoms with Crippen LogP contribution in [-0.4, -0.2) is 55.0 Å². The van der Waals surface area contributed by atoms with Crippen molar-refractivity contribution in [3.05, 3.63) is 0 Å². The molecule has 0 aromatic carbocycles. The number of amides is 1. The average Bonchev–Trinajstić information content (AvgIpc) is 2.25. The number of ether oxygens (including phenoxy) is 3. The second-order valence-electron chi connectivity index (χ2n) is 5.37. The van der Waals surface area contributed by atoms with Gasteiger partial charge in [-0.25, -0.2) is 9.59 Å². The first-order chi connectivity index (χ1) is 8.18. The molecule has 0 saturated carbocycles. The van der Waals surface area contributed by atoms with Gasteiger partial charge in [0, 0.05) is 7.11 Å². The van der Waals surface area contributed by atoms with Gasteiger partial charge in [0.1, 0.15) is 5.60 Å². The summed E-state index contributed by atoms with van der Waals surface area (Å²) in [6.45, 7) is 7.25. The third kappa shape index (κ3) is 2.43. The number of methoxy groups -OCH3 is 2. The Bertz CT molecular complexity index is 349. The zero-order chi connectivity index (χ0) is 14.1. The minimum Gasteiger partial charge on any atom is -0.467 e. The van der Waals surface area contributed by atoms with E-state index in [0.717, 1.165) is 0 Å². The lowest BCUT2D eigenvalue weighted by atomic mass is 9.84. The van der Waals surface area contributed by atoms with Gasteiger partial charge in [0.15, 0.2) is 0 Å². The molecule has 1 aliphatic rings. The molecule has 6 heteroatoms. The highest BCUT2D eigenvalue weighted by atomic mass is 16.6. The van der Waals surface area contributed by atoms with Crippen LogP contribution in [0.4, 0.5) is 4.79 Å². The van der Waals surface area contributed by atoms with Crippen molar-refractivity contribution < 1.29 is 23.8 Å². The van der Waals surface area contributed by atoms with Crippen LogP contribution in [0.3, 0.4) is 0 Å². The van der Waals surface area contributed by atoms with Crippen LogP contribution in [0.1, 0.15) is 27.7 Å². The van der Waals surface area contributed by atoms with Crippen molar-refractivity contribution in [2.75, 3.05) is 20.8 Å². The molecule has 18 heavy (non-hydrogen) atoms. The molecule has 1 amide bonds. The molecule has 0 N–H and O–H groups in total. The largest absolute Gasteiger partial charge is 0.467 e. The van der Waals surface area contributed by atoms with Crippen molar-refractivity contribution >= 4 is 12.1 Å². The van der Waals surface area contributed by atoms with Gasteiger partial charge in [-0.15, -0.1) is 0 Å². The van der Waals surface area contributed by atoms with E-state index in [9.17, 15) is 9.59 Å². The molecule has 1 unspecified atom stereocenters. The first-order valence-electron chi connectivity index (χ1n) is 5.81. The maximum absolute atomic E-state index is 11.9. The molecule has 1 fully saturated rings. The Morgan fingerprint density at radius 1 is 1.28 bits per heavy atom. The number of rotatable bonds is 2. The Morgan fingerprint density at radius 3 is 2.17 bits per heavy atom. The number of likely N-dealkylation sites (tertiary alicyclic amines) is 1.